The Morgan fingerprint density at radius 1 is 1.09 bits per heavy atom. The highest BCUT2D eigenvalue weighted by molar-refractivity contribution is 5.93. The van der Waals surface area contributed by atoms with Crippen molar-refractivity contribution in [1.82, 2.24) is 14.9 Å². The summed E-state index contributed by atoms with van der Waals surface area (Å²) in [6.45, 7) is 5.90. The molecule has 1 aromatic heterocycles. The Morgan fingerprint density at radius 2 is 1.64 bits per heavy atom. The molecule has 0 saturated heterocycles. The number of amides is 1. The lowest BCUT2D eigenvalue weighted by Crippen LogP contribution is -2.30. The van der Waals surface area contributed by atoms with Crippen LogP contribution in [0.4, 0.5) is 4.39 Å². The number of nitrogens with zero attached hydrogens (tertiary/aromatic N) is 3. The molecule has 0 unspecified atom stereocenters. The molecule has 0 fully saturated rings. The van der Waals surface area contributed by atoms with Gasteiger partial charge in [0.25, 0.3) is 5.91 Å². The van der Waals surface area contributed by atoms with Crippen LogP contribution in [0.2, 0.25) is 0 Å². The highest BCUT2D eigenvalue weighted by Crippen LogP contribution is 2.21. The van der Waals surface area contributed by atoms with Crippen LogP contribution in [-0.4, -0.2) is 27.8 Å². The number of benzene rings is 1. The molecule has 0 aliphatic heterocycles. The number of carbonyl (C=O) groups excluding carboxylic acids is 1. The minimum atomic E-state index is -0.289. The van der Waals surface area contributed by atoms with Gasteiger partial charge < -0.3 is 4.90 Å². The topological polar surface area (TPSA) is 46.1 Å². The Labute approximate surface area is 130 Å². The minimum Gasteiger partial charge on any atom is -0.335 e. The van der Waals surface area contributed by atoms with Gasteiger partial charge in [-0.3, -0.25) is 4.79 Å². The third-order valence-corrected chi connectivity index (χ3v) is 3.69. The highest BCUT2D eigenvalue weighted by atomic mass is 19.1. The van der Waals surface area contributed by atoms with Crippen molar-refractivity contribution in [3.05, 3.63) is 59.4 Å². The average molecular weight is 301 g/mol. The lowest BCUT2D eigenvalue weighted by molar-refractivity contribution is 0.0741. The maximum atomic E-state index is 13.0. The molecule has 0 spiro atoms. The SMILES string of the molecule is CC(C)c1ncc(C(=O)N(C)[C@H](C)c2ccc(F)cc2)cn1. The fraction of sp³-hybridized carbons (Fsp3) is 0.353. The van der Waals surface area contributed by atoms with E-state index in [1.54, 1.807) is 36.5 Å². The van der Waals surface area contributed by atoms with Gasteiger partial charge in [-0.25, -0.2) is 14.4 Å². The van der Waals surface area contributed by atoms with Crippen molar-refractivity contribution in [2.45, 2.75) is 32.7 Å². The average Bonchev–Trinajstić information content (AvgIpc) is 2.53. The van der Waals surface area contributed by atoms with Crippen molar-refractivity contribution in [3.63, 3.8) is 0 Å². The first kappa shape index (κ1) is 16.1. The van der Waals surface area contributed by atoms with Crippen LogP contribution in [0.25, 0.3) is 0 Å². The minimum absolute atomic E-state index is 0.160. The van der Waals surface area contributed by atoms with Crippen LogP contribution < -0.4 is 0 Å². The molecule has 0 aliphatic rings. The van der Waals surface area contributed by atoms with Gasteiger partial charge in [-0.15, -0.1) is 0 Å². The first-order valence-electron chi connectivity index (χ1n) is 7.24. The molecule has 2 aromatic rings. The summed E-state index contributed by atoms with van der Waals surface area (Å²) >= 11 is 0. The van der Waals surface area contributed by atoms with Gasteiger partial charge >= 0.3 is 0 Å². The monoisotopic (exact) mass is 301 g/mol. The summed E-state index contributed by atoms with van der Waals surface area (Å²) in [5.74, 6) is 0.487. The Bertz CT molecular complexity index is 638. The van der Waals surface area contributed by atoms with E-state index in [2.05, 4.69) is 9.97 Å². The standard InChI is InChI=1S/C17H20FN3O/c1-11(2)16-19-9-14(10-20-16)17(22)21(4)12(3)13-5-7-15(18)8-6-13/h5-12H,1-4H3/t12-/m1/s1. The third-order valence-electron chi connectivity index (χ3n) is 3.69. The van der Waals surface area contributed by atoms with Gasteiger partial charge in [-0.2, -0.15) is 0 Å². The quantitative estimate of drug-likeness (QED) is 0.867. The lowest BCUT2D eigenvalue weighted by atomic mass is 10.1. The molecule has 4 nitrogen and oxygen atoms in total. The second kappa shape index (κ2) is 6.64. The van der Waals surface area contributed by atoms with Gasteiger partial charge in [0.2, 0.25) is 0 Å². The second-order valence-electron chi connectivity index (χ2n) is 5.63. The van der Waals surface area contributed by atoms with Gasteiger partial charge in [0.05, 0.1) is 11.6 Å². The second-order valence-corrected chi connectivity index (χ2v) is 5.63. The van der Waals surface area contributed by atoms with Crippen molar-refractivity contribution < 1.29 is 9.18 Å². The first-order chi connectivity index (χ1) is 10.4. The normalized spacial score (nSPS) is 12.3. The molecular formula is C17H20FN3O. The molecule has 22 heavy (non-hydrogen) atoms. The Hall–Kier alpha value is -2.30. The molecule has 0 bridgehead atoms. The van der Waals surface area contributed by atoms with Gasteiger partial charge in [0.15, 0.2) is 0 Å². The predicted octanol–water partition coefficient (Wildman–Crippen LogP) is 3.57. The van der Waals surface area contributed by atoms with Gasteiger partial charge in [0, 0.05) is 25.4 Å². The van der Waals surface area contributed by atoms with Crippen molar-refractivity contribution >= 4 is 5.91 Å². The molecule has 1 atom stereocenters. The lowest BCUT2D eigenvalue weighted by Gasteiger charge is -2.25. The fourth-order valence-corrected chi connectivity index (χ4v) is 2.09. The largest absolute Gasteiger partial charge is 0.335 e. The zero-order chi connectivity index (χ0) is 16.3. The Kier molecular flexibility index (Phi) is 4.85. The van der Waals surface area contributed by atoms with E-state index in [1.807, 2.05) is 20.8 Å². The van der Waals surface area contributed by atoms with Crippen LogP contribution in [0.15, 0.2) is 36.7 Å². The molecule has 0 aliphatic carbocycles. The molecule has 0 N–H and O–H groups in total. The smallest absolute Gasteiger partial charge is 0.257 e. The summed E-state index contributed by atoms with van der Waals surface area (Å²) in [4.78, 5) is 22.5. The van der Waals surface area contributed by atoms with Gasteiger partial charge in [-0.1, -0.05) is 26.0 Å². The van der Waals surface area contributed by atoms with Gasteiger partial charge in [0.1, 0.15) is 11.6 Å². The molecule has 2 rings (SSSR count). The van der Waals surface area contributed by atoms with Crippen LogP contribution in [-0.2, 0) is 0 Å². The van der Waals surface area contributed by atoms with Crippen LogP contribution >= 0.6 is 0 Å². The van der Waals surface area contributed by atoms with Gasteiger partial charge in [-0.05, 0) is 24.6 Å². The molecule has 116 valence electrons. The summed E-state index contributed by atoms with van der Waals surface area (Å²) in [5, 5.41) is 0. The summed E-state index contributed by atoms with van der Waals surface area (Å²) in [7, 11) is 1.71. The first-order valence-corrected chi connectivity index (χ1v) is 7.24. The van der Waals surface area contributed by atoms with Crippen molar-refractivity contribution in [2.24, 2.45) is 0 Å². The summed E-state index contributed by atoms with van der Waals surface area (Å²) in [6.07, 6.45) is 3.11. The van der Waals surface area contributed by atoms with E-state index in [0.29, 0.717) is 11.4 Å². The van der Waals surface area contributed by atoms with Crippen LogP contribution in [0.5, 0.6) is 0 Å². The Balaban J connectivity index is 2.15. The Morgan fingerprint density at radius 3 is 2.14 bits per heavy atom. The fourth-order valence-electron chi connectivity index (χ4n) is 2.09. The zero-order valence-corrected chi connectivity index (χ0v) is 13.2. The number of hydrogen-bond acceptors (Lipinski definition) is 3. The van der Waals surface area contributed by atoms with Crippen LogP contribution in [0.1, 0.15) is 54.5 Å². The predicted molar refractivity (Wildman–Crippen MR) is 83.0 cm³/mol. The molecule has 1 amide bonds. The summed E-state index contributed by atoms with van der Waals surface area (Å²) in [5.41, 5.74) is 1.32. The number of halogens is 1. The van der Waals surface area contributed by atoms with E-state index in [4.69, 9.17) is 0 Å². The number of carbonyl (C=O) groups is 1. The molecule has 1 heterocycles. The van der Waals surface area contributed by atoms with E-state index in [-0.39, 0.29) is 23.7 Å². The summed E-state index contributed by atoms with van der Waals surface area (Å²) < 4.78 is 13.0. The highest BCUT2D eigenvalue weighted by Gasteiger charge is 2.19. The van der Waals surface area contributed by atoms with E-state index in [1.165, 1.54) is 12.1 Å². The third kappa shape index (κ3) is 3.47. The molecule has 5 heteroatoms. The van der Waals surface area contributed by atoms with Crippen molar-refractivity contribution in [2.75, 3.05) is 7.05 Å². The zero-order valence-electron chi connectivity index (χ0n) is 13.2. The van der Waals surface area contributed by atoms with E-state index in [9.17, 15) is 9.18 Å². The number of hydrogen-bond donors (Lipinski definition) is 0. The van der Waals surface area contributed by atoms with Crippen LogP contribution in [0.3, 0.4) is 0 Å². The number of aromatic nitrogens is 2. The molecule has 0 radical (unpaired) electrons. The molecule has 0 saturated carbocycles. The molecule has 1 aromatic carbocycles. The maximum Gasteiger partial charge on any atom is 0.257 e. The van der Waals surface area contributed by atoms with Crippen LogP contribution in [0, 0.1) is 5.82 Å². The van der Waals surface area contributed by atoms with E-state index >= 15 is 0 Å². The molecular weight excluding hydrogens is 281 g/mol. The summed E-state index contributed by atoms with van der Waals surface area (Å²) in [6, 6.07) is 5.98. The number of rotatable bonds is 4. The maximum absolute atomic E-state index is 13.0. The van der Waals surface area contributed by atoms with Crippen molar-refractivity contribution in [1.29, 1.82) is 0 Å². The van der Waals surface area contributed by atoms with E-state index in [0.717, 1.165) is 5.56 Å². The van der Waals surface area contributed by atoms with Crippen molar-refractivity contribution in [3.8, 4) is 0 Å². The van der Waals surface area contributed by atoms with E-state index < -0.39 is 0 Å².